The maximum atomic E-state index is 13.5. The van der Waals surface area contributed by atoms with E-state index in [0.29, 0.717) is 10.9 Å². The van der Waals surface area contributed by atoms with E-state index in [0.717, 1.165) is 0 Å². The summed E-state index contributed by atoms with van der Waals surface area (Å²) in [6.07, 6.45) is 0.611. The number of hydrogen-bond acceptors (Lipinski definition) is 3. The minimum atomic E-state index is -1.10. The van der Waals surface area contributed by atoms with E-state index in [1.807, 2.05) is 6.92 Å². The van der Waals surface area contributed by atoms with Crippen LogP contribution in [0.15, 0.2) is 22.7 Å². The highest BCUT2D eigenvalue weighted by Crippen LogP contribution is 2.21. The second-order valence-corrected chi connectivity index (χ2v) is 5.55. The molecule has 2 N–H and O–H groups in total. The van der Waals surface area contributed by atoms with Crippen LogP contribution in [-0.2, 0) is 9.59 Å². The summed E-state index contributed by atoms with van der Waals surface area (Å²) < 4.78 is 19.1. The molecule has 2 atom stereocenters. The molecule has 0 bridgehead atoms. The number of carbonyl (C=O) groups excluding carboxylic acids is 1. The molecular weight excluding hydrogens is 345 g/mol. The second kappa shape index (κ2) is 7.97. The molecule has 1 aromatic rings. The van der Waals surface area contributed by atoms with Gasteiger partial charge in [0, 0.05) is 4.47 Å². The Hall–Kier alpha value is -1.63. The van der Waals surface area contributed by atoms with Crippen LogP contribution in [0.5, 0.6) is 5.75 Å². The van der Waals surface area contributed by atoms with Gasteiger partial charge in [-0.2, -0.15) is 0 Å². The predicted molar refractivity (Wildman–Crippen MR) is 78.6 cm³/mol. The number of halogens is 2. The van der Waals surface area contributed by atoms with E-state index in [9.17, 15) is 14.0 Å². The van der Waals surface area contributed by atoms with Crippen LogP contribution in [0.2, 0.25) is 0 Å². The number of carboxylic acid groups (broad SMARTS) is 1. The molecule has 0 spiro atoms. The summed E-state index contributed by atoms with van der Waals surface area (Å²) in [5, 5.41) is 11.4. The average Bonchev–Trinajstić information content (AvgIpc) is 2.42. The number of rotatable bonds is 7. The lowest BCUT2D eigenvalue weighted by Gasteiger charge is -2.20. The predicted octanol–water partition coefficient (Wildman–Crippen LogP) is 2.58. The largest absolute Gasteiger partial charge is 0.481 e. The maximum Gasteiger partial charge on any atom is 0.326 e. The summed E-state index contributed by atoms with van der Waals surface area (Å²) in [6, 6.07) is 3.19. The van der Waals surface area contributed by atoms with Gasteiger partial charge in [-0.05, 0) is 24.1 Å². The van der Waals surface area contributed by atoms with Gasteiger partial charge in [0.1, 0.15) is 6.04 Å². The fraction of sp³-hybridized carbons (Fsp3) is 0.429. The van der Waals surface area contributed by atoms with Crippen LogP contribution < -0.4 is 10.1 Å². The molecule has 0 saturated heterocycles. The summed E-state index contributed by atoms with van der Waals surface area (Å²) in [6.45, 7) is 3.12. The van der Waals surface area contributed by atoms with Crippen molar-refractivity contribution in [3.05, 3.63) is 28.5 Å². The number of nitrogens with one attached hydrogen (secondary N) is 1. The number of carbonyl (C=O) groups is 2. The number of carboxylic acids is 1. The van der Waals surface area contributed by atoms with Crippen LogP contribution in [0, 0.1) is 11.7 Å². The number of aliphatic carboxylic acids is 1. The minimum Gasteiger partial charge on any atom is -0.481 e. The minimum absolute atomic E-state index is 0.0660. The maximum absolute atomic E-state index is 13.5. The SMILES string of the molecule is CCC(C)C(NC(=O)COc1ccc(Br)cc1F)C(=O)O. The number of amides is 1. The lowest BCUT2D eigenvalue weighted by Crippen LogP contribution is -2.46. The Kier molecular flexibility index (Phi) is 6.61. The molecule has 7 heteroatoms. The molecule has 21 heavy (non-hydrogen) atoms. The van der Waals surface area contributed by atoms with Gasteiger partial charge in [0.15, 0.2) is 18.2 Å². The average molecular weight is 362 g/mol. The van der Waals surface area contributed by atoms with Gasteiger partial charge >= 0.3 is 5.97 Å². The topological polar surface area (TPSA) is 75.6 Å². The van der Waals surface area contributed by atoms with Crippen LogP contribution in [0.4, 0.5) is 4.39 Å². The van der Waals surface area contributed by atoms with Crippen LogP contribution >= 0.6 is 15.9 Å². The highest BCUT2D eigenvalue weighted by molar-refractivity contribution is 9.10. The summed E-state index contributed by atoms with van der Waals surface area (Å²) in [5.41, 5.74) is 0. The first kappa shape index (κ1) is 17.4. The molecular formula is C14H17BrFNO4. The molecule has 1 rings (SSSR count). The standard InChI is InChI=1S/C14H17BrFNO4/c1-3-8(2)13(14(19)20)17-12(18)7-21-11-5-4-9(15)6-10(11)16/h4-6,8,13H,3,7H2,1-2H3,(H,17,18)(H,19,20). The summed E-state index contributed by atoms with van der Waals surface area (Å²) >= 11 is 3.11. The van der Waals surface area contributed by atoms with Crippen LogP contribution in [0.1, 0.15) is 20.3 Å². The molecule has 1 amide bonds. The first-order chi connectivity index (χ1) is 9.85. The summed E-state index contributed by atoms with van der Waals surface area (Å²) in [5.74, 6) is -2.59. The third kappa shape index (κ3) is 5.34. The van der Waals surface area contributed by atoms with Crippen molar-refractivity contribution in [1.82, 2.24) is 5.32 Å². The first-order valence-electron chi connectivity index (χ1n) is 6.45. The van der Waals surface area contributed by atoms with E-state index < -0.39 is 30.3 Å². The molecule has 1 aromatic carbocycles. The number of hydrogen-bond donors (Lipinski definition) is 2. The molecule has 0 aliphatic rings. The summed E-state index contributed by atoms with van der Waals surface area (Å²) in [7, 11) is 0. The van der Waals surface area contributed by atoms with Crippen molar-refractivity contribution in [2.24, 2.45) is 5.92 Å². The van der Waals surface area contributed by atoms with Crippen molar-refractivity contribution < 1.29 is 23.8 Å². The van der Waals surface area contributed by atoms with E-state index in [-0.39, 0.29) is 11.7 Å². The van der Waals surface area contributed by atoms with Crippen LogP contribution in [-0.4, -0.2) is 29.6 Å². The highest BCUT2D eigenvalue weighted by Gasteiger charge is 2.25. The number of benzene rings is 1. The van der Waals surface area contributed by atoms with Gasteiger partial charge in [0.2, 0.25) is 0 Å². The zero-order chi connectivity index (χ0) is 16.0. The van der Waals surface area contributed by atoms with Crippen LogP contribution in [0.25, 0.3) is 0 Å². The fourth-order valence-corrected chi connectivity index (χ4v) is 1.97. The molecule has 0 radical (unpaired) electrons. The van der Waals surface area contributed by atoms with Crippen molar-refractivity contribution >= 4 is 27.8 Å². The Labute approximate surface area is 130 Å². The molecule has 0 heterocycles. The van der Waals surface area contributed by atoms with E-state index in [2.05, 4.69) is 21.2 Å². The van der Waals surface area contributed by atoms with Crippen molar-refractivity contribution in [2.75, 3.05) is 6.61 Å². The van der Waals surface area contributed by atoms with E-state index in [1.165, 1.54) is 12.1 Å². The summed E-state index contributed by atoms with van der Waals surface area (Å²) in [4.78, 5) is 22.8. The van der Waals surface area contributed by atoms with E-state index in [1.54, 1.807) is 13.0 Å². The molecule has 2 unspecified atom stereocenters. The first-order valence-corrected chi connectivity index (χ1v) is 7.24. The Bertz CT molecular complexity index is 524. The van der Waals surface area contributed by atoms with E-state index in [4.69, 9.17) is 9.84 Å². The molecule has 0 aromatic heterocycles. The van der Waals surface area contributed by atoms with Gasteiger partial charge in [-0.15, -0.1) is 0 Å². The van der Waals surface area contributed by atoms with E-state index >= 15 is 0 Å². The lowest BCUT2D eigenvalue weighted by atomic mass is 9.99. The Morgan fingerprint density at radius 1 is 1.48 bits per heavy atom. The van der Waals surface area contributed by atoms with Crippen molar-refractivity contribution in [3.63, 3.8) is 0 Å². The van der Waals surface area contributed by atoms with Crippen molar-refractivity contribution in [1.29, 1.82) is 0 Å². The smallest absolute Gasteiger partial charge is 0.326 e. The third-order valence-electron chi connectivity index (χ3n) is 3.05. The molecule has 5 nitrogen and oxygen atoms in total. The number of ether oxygens (including phenoxy) is 1. The van der Waals surface area contributed by atoms with Gasteiger partial charge < -0.3 is 15.2 Å². The van der Waals surface area contributed by atoms with Gasteiger partial charge in [0.25, 0.3) is 5.91 Å². The Balaban J connectivity index is 2.58. The second-order valence-electron chi connectivity index (χ2n) is 4.63. The van der Waals surface area contributed by atoms with Crippen LogP contribution in [0.3, 0.4) is 0 Å². The van der Waals surface area contributed by atoms with Gasteiger partial charge in [-0.3, -0.25) is 4.79 Å². The molecule has 0 saturated carbocycles. The van der Waals surface area contributed by atoms with Gasteiger partial charge in [0.05, 0.1) is 0 Å². The monoisotopic (exact) mass is 361 g/mol. The molecule has 0 aliphatic heterocycles. The van der Waals surface area contributed by atoms with Gasteiger partial charge in [-0.1, -0.05) is 36.2 Å². The lowest BCUT2D eigenvalue weighted by molar-refractivity contribution is -0.143. The zero-order valence-electron chi connectivity index (χ0n) is 11.7. The third-order valence-corrected chi connectivity index (χ3v) is 3.54. The fourth-order valence-electron chi connectivity index (χ4n) is 1.63. The molecule has 116 valence electrons. The Morgan fingerprint density at radius 3 is 2.67 bits per heavy atom. The van der Waals surface area contributed by atoms with Gasteiger partial charge in [-0.25, -0.2) is 9.18 Å². The normalized spacial score (nSPS) is 13.3. The zero-order valence-corrected chi connectivity index (χ0v) is 13.3. The quantitative estimate of drug-likeness (QED) is 0.782. The Morgan fingerprint density at radius 2 is 2.14 bits per heavy atom. The molecule has 0 fully saturated rings. The van der Waals surface area contributed by atoms with Crippen molar-refractivity contribution in [3.8, 4) is 5.75 Å². The van der Waals surface area contributed by atoms with Crippen molar-refractivity contribution in [2.45, 2.75) is 26.3 Å². The highest BCUT2D eigenvalue weighted by atomic mass is 79.9. The molecule has 0 aliphatic carbocycles.